The molecule has 0 spiro atoms. The van der Waals surface area contributed by atoms with Crippen molar-refractivity contribution in [3.8, 4) is 17.6 Å². The number of fused-ring (bicyclic) bond motifs is 1. The van der Waals surface area contributed by atoms with Gasteiger partial charge in [0.25, 0.3) is 0 Å². The molecule has 0 radical (unpaired) electrons. The van der Waals surface area contributed by atoms with Crippen LogP contribution >= 0.6 is 0 Å². The van der Waals surface area contributed by atoms with Gasteiger partial charge in [0.1, 0.15) is 12.4 Å². The van der Waals surface area contributed by atoms with E-state index in [2.05, 4.69) is 22.1 Å². The van der Waals surface area contributed by atoms with Crippen molar-refractivity contribution in [2.45, 2.75) is 13.8 Å². The van der Waals surface area contributed by atoms with E-state index in [0.29, 0.717) is 6.54 Å². The van der Waals surface area contributed by atoms with Crippen molar-refractivity contribution < 1.29 is 9.53 Å². The smallest absolute Gasteiger partial charge is 0.223 e. The van der Waals surface area contributed by atoms with Crippen molar-refractivity contribution in [1.29, 1.82) is 0 Å². The first-order valence-electron chi connectivity index (χ1n) is 6.88. The Morgan fingerprint density at radius 1 is 1.33 bits per heavy atom. The van der Waals surface area contributed by atoms with E-state index in [1.165, 1.54) is 0 Å². The van der Waals surface area contributed by atoms with Crippen LogP contribution in [0.5, 0.6) is 5.75 Å². The van der Waals surface area contributed by atoms with E-state index in [0.717, 1.165) is 16.7 Å². The molecule has 1 N–H and O–H groups in total. The molecule has 0 aliphatic rings. The Morgan fingerprint density at radius 2 is 2.19 bits per heavy atom. The Hall–Kier alpha value is -2.54. The maximum absolute atomic E-state index is 11.3. The van der Waals surface area contributed by atoms with E-state index < -0.39 is 0 Å². The average molecular weight is 282 g/mol. The van der Waals surface area contributed by atoms with E-state index in [9.17, 15) is 4.79 Å². The standard InChI is InChI=1S/C17H18N2O2/c1-13(2)17(20)19-9-3-4-11-21-15-8-7-14-6-5-10-18-16(14)12-15/h5-8,10,12-13H,9,11H2,1-2H3,(H,19,20). The molecule has 2 aromatic rings. The lowest BCUT2D eigenvalue weighted by atomic mass is 10.2. The molecule has 108 valence electrons. The molecule has 0 atom stereocenters. The third-order valence-electron chi connectivity index (χ3n) is 2.89. The zero-order chi connectivity index (χ0) is 15.1. The fourth-order valence-electron chi connectivity index (χ4n) is 1.70. The number of pyridine rings is 1. The van der Waals surface area contributed by atoms with Gasteiger partial charge in [0.2, 0.25) is 5.91 Å². The van der Waals surface area contributed by atoms with Crippen molar-refractivity contribution in [2.24, 2.45) is 5.92 Å². The molecule has 0 unspecified atom stereocenters. The summed E-state index contributed by atoms with van der Waals surface area (Å²) in [4.78, 5) is 15.6. The molecule has 0 aliphatic heterocycles. The molecule has 0 saturated carbocycles. The van der Waals surface area contributed by atoms with Crippen LogP contribution in [-0.2, 0) is 4.79 Å². The highest BCUT2D eigenvalue weighted by Gasteiger charge is 2.03. The van der Waals surface area contributed by atoms with E-state index in [1.54, 1.807) is 6.20 Å². The van der Waals surface area contributed by atoms with Gasteiger partial charge in [-0.2, -0.15) is 0 Å². The first kappa shape index (κ1) is 14.9. The molecule has 4 nitrogen and oxygen atoms in total. The number of nitrogens with zero attached hydrogens (tertiary/aromatic N) is 1. The van der Waals surface area contributed by atoms with Crippen LogP contribution in [0.1, 0.15) is 13.8 Å². The molecule has 1 aromatic heterocycles. The normalized spacial score (nSPS) is 10.0. The number of ether oxygens (including phenoxy) is 1. The molecule has 4 heteroatoms. The monoisotopic (exact) mass is 282 g/mol. The molecule has 1 aromatic carbocycles. The summed E-state index contributed by atoms with van der Waals surface area (Å²) in [6, 6.07) is 9.65. The Bertz CT molecular complexity index is 684. The summed E-state index contributed by atoms with van der Waals surface area (Å²) in [6.07, 6.45) is 1.75. The fourth-order valence-corrected chi connectivity index (χ4v) is 1.70. The maximum Gasteiger partial charge on any atom is 0.223 e. The predicted molar refractivity (Wildman–Crippen MR) is 82.9 cm³/mol. The highest BCUT2D eigenvalue weighted by atomic mass is 16.5. The van der Waals surface area contributed by atoms with Gasteiger partial charge in [-0.15, -0.1) is 0 Å². The van der Waals surface area contributed by atoms with Crippen molar-refractivity contribution in [2.75, 3.05) is 13.2 Å². The second-order valence-electron chi connectivity index (χ2n) is 4.87. The summed E-state index contributed by atoms with van der Waals surface area (Å²) >= 11 is 0. The number of carbonyl (C=O) groups is 1. The Morgan fingerprint density at radius 3 is 3.00 bits per heavy atom. The number of hydrogen-bond acceptors (Lipinski definition) is 3. The van der Waals surface area contributed by atoms with Gasteiger partial charge in [0, 0.05) is 23.6 Å². The molecular formula is C17H18N2O2. The largest absolute Gasteiger partial charge is 0.481 e. The Kier molecular flexibility index (Phi) is 5.16. The zero-order valence-electron chi connectivity index (χ0n) is 12.2. The summed E-state index contributed by atoms with van der Waals surface area (Å²) in [5, 5.41) is 3.80. The maximum atomic E-state index is 11.3. The minimum absolute atomic E-state index is 0.00539. The van der Waals surface area contributed by atoms with Gasteiger partial charge in [-0.3, -0.25) is 9.78 Å². The van der Waals surface area contributed by atoms with Crippen molar-refractivity contribution >= 4 is 16.8 Å². The van der Waals surface area contributed by atoms with Gasteiger partial charge in [-0.05, 0) is 18.2 Å². The lowest BCUT2D eigenvalue weighted by Gasteiger charge is -2.04. The van der Waals surface area contributed by atoms with Gasteiger partial charge in [0.05, 0.1) is 12.1 Å². The number of carbonyl (C=O) groups excluding carboxylic acids is 1. The summed E-state index contributed by atoms with van der Waals surface area (Å²) < 4.78 is 5.54. The average Bonchev–Trinajstić information content (AvgIpc) is 2.50. The third kappa shape index (κ3) is 4.50. The first-order chi connectivity index (χ1) is 10.2. The third-order valence-corrected chi connectivity index (χ3v) is 2.89. The molecule has 0 aliphatic carbocycles. The summed E-state index contributed by atoms with van der Waals surface area (Å²) in [5.74, 6) is 6.45. The van der Waals surface area contributed by atoms with Gasteiger partial charge in [-0.1, -0.05) is 31.8 Å². The van der Waals surface area contributed by atoms with E-state index >= 15 is 0 Å². The predicted octanol–water partition coefficient (Wildman–Crippen LogP) is 2.39. The molecule has 1 amide bonds. The number of amides is 1. The lowest BCUT2D eigenvalue weighted by molar-refractivity contribution is -0.123. The molecule has 0 bridgehead atoms. The van der Waals surface area contributed by atoms with Crippen LogP contribution in [0.3, 0.4) is 0 Å². The first-order valence-corrected chi connectivity index (χ1v) is 6.88. The molecular weight excluding hydrogens is 264 g/mol. The van der Waals surface area contributed by atoms with E-state index in [-0.39, 0.29) is 18.4 Å². The van der Waals surface area contributed by atoms with Crippen LogP contribution in [0.2, 0.25) is 0 Å². The van der Waals surface area contributed by atoms with Crippen molar-refractivity contribution in [3.63, 3.8) is 0 Å². The highest BCUT2D eigenvalue weighted by Crippen LogP contribution is 2.18. The van der Waals surface area contributed by atoms with Crippen molar-refractivity contribution in [3.05, 3.63) is 36.5 Å². The van der Waals surface area contributed by atoms with Crippen LogP contribution in [0.15, 0.2) is 36.5 Å². The van der Waals surface area contributed by atoms with Gasteiger partial charge in [-0.25, -0.2) is 0 Å². The van der Waals surface area contributed by atoms with Crippen LogP contribution in [0.25, 0.3) is 10.9 Å². The highest BCUT2D eigenvalue weighted by molar-refractivity contribution is 5.79. The van der Waals surface area contributed by atoms with E-state index in [1.807, 2.05) is 44.2 Å². The topological polar surface area (TPSA) is 51.2 Å². The van der Waals surface area contributed by atoms with Gasteiger partial charge in [0.15, 0.2) is 0 Å². The Labute approximate surface area is 124 Å². The van der Waals surface area contributed by atoms with Crippen LogP contribution < -0.4 is 10.1 Å². The minimum Gasteiger partial charge on any atom is -0.481 e. The number of aromatic nitrogens is 1. The number of benzene rings is 1. The molecule has 2 rings (SSSR count). The van der Waals surface area contributed by atoms with Crippen LogP contribution in [0, 0.1) is 17.8 Å². The molecule has 0 saturated heterocycles. The van der Waals surface area contributed by atoms with Gasteiger partial charge < -0.3 is 10.1 Å². The second-order valence-corrected chi connectivity index (χ2v) is 4.87. The van der Waals surface area contributed by atoms with Crippen LogP contribution in [-0.4, -0.2) is 24.0 Å². The SMILES string of the molecule is CC(C)C(=O)NCC#CCOc1ccc2cccnc2c1. The summed E-state index contributed by atoms with van der Waals surface area (Å²) in [7, 11) is 0. The van der Waals surface area contributed by atoms with Crippen LogP contribution in [0.4, 0.5) is 0 Å². The quantitative estimate of drug-likeness (QED) is 0.876. The number of rotatable bonds is 4. The van der Waals surface area contributed by atoms with Gasteiger partial charge >= 0.3 is 0 Å². The lowest BCUT2D eigenvalue weighted by Crippen LogP contribution is -2.27. The fraction of sp³-hybridized carbons (Fsp3) is 0.294. The zero-order valence-corrected chi connectivity index (χ0v) is 12.2. The Balaban J connectivity index is 1.81. The van der Waals surface area contributed by atoms with Crippen molar-refractivity contribution in [1.82, 2.24) is 10.3 Å². The van der Waals surface area contributed by atoms with E-state index in [4.69, 9.17) is 4.74 Å². The minimum atomic E-state index is -0.0202. The molecule has 1 heterocycles. The number of hydrogen-bond donors (Lipinski definition) is 1. The molecule has 21 heavy (non-hydrogen) atoms. The number of nitrogens with one attached hydrogen (secondary N) is 1. The second kappa shape index (κ2) is 7.30. The summed E-state index contributed by atoms with van der Waals surface area (Å²) in [5.41, 5.74) is 0.896. The molecule has 0 fully saturated rings. The summed E-state index contributed by atoms with van der Waals surface area (Å²) in [6.45, 7) is 4.33.